The van der Waals surface area contributed by atoms with E-state index in [2.05, 4.69) is 35.6 Å². The largest absolute Gasteiger partial charge is 0.368 e. The van der Waals surface area contributed by atoms with Gasteiger partial charge in [-0.1, -0.05) is 6.07 Å². The molecule has 10 heteroatoms. The highest BCUT2D eigenvalue weighted by Crippen LogP contribution is 2.41. The first-order chi connectivity index (χ1) is 17.5. The Labute approximate surface area is 206 Å². The van der Waals surface area contributed by atoms with Crippen molar-refractivity contribution in [3.63, 3.8) is 0 Å². The number of nitrogens with zero attached hydrogens (tertiary/aromatic N) is 7. The van der Waals surface area contributed by atoms with E-state index in [9.17, 15) is 4.79 Å². The van der Waals surface area contributed by atoms with Crippen LogP contribution >= 0.6 is 0 Å². The molecule has 0 aliphatic carbocycles. The number of carbonyl (C=O) groups is 1. The van der Waals surface area contributed by atoms with Gasteiger partial charge in [-0.2, -0.15) is 0 Å². The van der Waals surface area contributed by atoms with Crippen LogP contribution in [0.4, 0.5) is 11.4 Å². The van der Waals surface area contributed by atoms with E-state index in [0.717, 1.165) is 39.5 Å². The first kappa shape index (κ1) is 21.8. The van der Waals surface area contributed by atoms with Crippen molar-refractivity contribution in [3.05, 3.63) is 72.8 Å². The van der Waals surface area contributed by atoms with Crippen molar-refractivity contribution in [2.24, 2.45) is 0 Å². The van der Waals surface area contributed by atoms with E-state index in [-0.39, 0.29) is 5.91 Å². The van der Waals surface area contributed by atoms with Crippen LogP contribution in [-0.4, -0.2) is 40.4 Å². The Morgan fingerprint density at radius 3 is 2.56 bits per heavy atom. The quantitative estimate of drug-likeness (QED) is 0.390. The SMILES string of the molecule is CCn1c(-c2cnc(C)nc2)nc2c(-c3ccc4c(c3)C(C)(Nc3ccncc3)C(=O)N4)ncnc21. The third kappa shape index (κ3) is 3.37. The molecule has 6 rings (SSSR count). The van der Waals surface area contributed by atoms with Gasteiger partial charge in [-0.3, -0.25) is 9.78 Å². The summed E-state index contributed by atoms with van der Waals surface area (Å²) in [5.41, 5.74) is 5.17. The summed E-state index contributed by atoms with van der Waals surface area (Å²) < 4.78 is 2.03. The molecular formula is C26H23N9O. The summed E-state index contributed by atoms with van der Waals surface area (Å²) in [5.74, 6) is 1.30. The highest BCUT2D eigenvalue weighted by Gasteiger charge is 2.43. The molecule has 1 atom stereocenters. The minimum atomic E-state index is -0.966. The summed E-state index contributed by atoms with van der Waals surface area (Å²) in [7, 11) is 0. The van der Waals surface area contributed by atoms with Gasteiger partial charge in [-0.05, 0) is 45.0 Å². The van der Waals surface area contributed by atoms with E-state index >= 15 is 0 Å². The van der Waals surface area contributed by atoms with Crippen molar-refractivity contribution in [3.8, 4) is 22.6 Å². The number of carbonyl (C=O) groups excluding carboxylic acids is 1. The van der Waals surface area contributed by atoms with Crippen molar-refractivity contribution in [2.45, 2.75) is 32.9 Å². The lowest BCUT2D eigenvalue weighted by atomic mass is 9.91. The minimum Gasteiger partial charge on any atom is -0.368 e. The lowest BCUT2D eigenvalue weighted by Crippen LogP contribution is -2.39. The number of hydrogen-bond donors (Lipinski definition) is 2. The fourth-order valence-corrected chi connectivity index (χ4v) is 4.61. The highest BCUT2D eigenvalue weighted by molar-refractivity contribution is 6.08. The Bertz CT molecular complexity index is 1610. The molecule has 178 valence electrons. The Morgan fingerprint density at radius 2 is 1.81 bits per heavy atom. The number of nitrogens with one attached hydrogen (secondary N) is 2. The van der Waals surface area contributed by atoms with Gasteiger partial charge in [-0.15, -0.1) is 0 Å². The topological polar surface area (TPSA) is 123 Å². The monoisotopic (exact) mass is 477 g/mol. The molecule has 1 amide bonds. The Balaban J connectivity index is 1.48. The van der Waals surface area contributed by atoms with E-state index in [0.29, 0.717) is 23.6 Å². The number of rotatable bonds is 5. The number of anilines is 2. The van der Waals surface area contributed by atoms with Crippen molar-refractivity contribution in [2.75, 3.05) is 10.6 Å². The highest BCUT2D eigenvalue weighted by atomic mass is 16.2. The molecule has 1 aliphatic heterocycles. The van der Waals surface area contributed by atoms with Crippen LogP contribution in [0.1, 0.15) is 25.2 Å². The average molecular weight is 478 g/mol. The van der Waals surface area contributed by atoms with Crippen LogP contribution in [0.3, 0.4) is 0 Å². The van der Waals surface area contributed by atoms with Crippen LogP contribution < -0.4 is 10.6 Å². The molecule has 0 fully saturated rings. The molecule has 1 aliphatic rings. The molecule has 0 saturated carbocycles. The number of aryl methyl sites for hydroxylation is 2. The predicted octanol–water partition coefficient (Wildman–Crippen LogP) is 3.95. The normalized spacial score (nSPS) is 16.7. The molecule has 2 N–H and O–H groups in total. The molecule has 0 bridgehead atoms. The number of amides is 1. The molecule has 36 heavy (non-hydrogen) atoms. The van der Waals surface area contributed by atoms with Gasteiger partial charge < -0.3 is 15.2 Å². The van der Waals surface area contributed by atoms with Gasteiger partial charge in [0.05, 0.1) is 5.56 Å². The Morgan fingerprint density at radius 1 is 1.03 bits per heavy atom. The minimum absolute atomic E-state index is 0.129. The van der Waals surface area contributed by atoms with Gasteiger partial charge in [0.2, 0.25) is 0 Å². The van der Waals surface area contributed by atoms with Gasteiger partial charge in [0.15, 0.2) is 5.65 Å². The van der Waals surface area contributed by atoms with Gasteiger partial charge >= 0.3 is 0 Å². The molecular weight excluding hydrogens is 454 g/mol. The van der Waals surface area contributed by atoms with Crippen LogP contribution in [0.15, 0.2) is 61.4 Å². The molecule has 5 aromatic rings. The lowest BCUT2D eigenvalue weighted by molar-refractivity contribution is -0.119. The molecule has 0 saturated heterocycles. The second kappa shape index (κ2) is 8.19. The zero-order valence-corrected chi connectivity index (χ0v) is 20.0. The summed E-state index contributed by atoms with van der Waals surface area (Å²) >= 11 is 0. The van der Waals surface area contributed by atoms with Crippen molar-refractivity contribution >= 4 is 28.4 Å². The summed E-state index contributed by atoms with van der Waals surface area (Å²) in [6.07, 6.45) is 8.46. The van der Waals surface area contributed by atoms with Gasteiger partial charge in [0.1, 0.15) is 34.7 Å². The maximum Gasteiger partial charge on any atom is 0.254 e. The molecule has 0 spiro atoms. The second-order valence-corrected chi connectivity index (χ2v) is 8.79. The van der Waals surface area contributed by atoms with E-state index in [1.807, 2.05) is 55.7 Å². The van der Waals surface area contributed by atoms with E-state index in [1.54, 1.807) is 31.1 Å². The fourth-order valence-electron chi connectivity index (χ4n) is 4.61. The summed E-state index contributed by atoms with van der Waals surface area (Å²) in [6, 6.07) is 9.51. The predicted molar refractivity (Wildman–Crippen MR) is 136 cm³/mol. The van der Waals surface area contributed by atoms with E-state index < -0.39 is 5.54 Å². The van der Waals surface area contributed by atoms with E-state index in [1.165, 1.54) is 0 Å². The molecule has 1 unspecified atom stereocenters. The van der Waals surface area contributed by atoms with Gasteiger partial charge in [0.25, 0.3) is 5.91 Å². The van der Waals surface area contributed by atoms with Crippen LogP contribution in [-0.2, 0) is 16.9 Å². The van der Waals surface area contributed by atoms with Crippen LogP contribution in [0, 0.1) is 6.92 Å². The lowest BCUT2D eigenvalue weighted by Gasteiger charge is -2.25. The smallest absolute Gasteiger partial charge is 0.254 e. The van der Waals surface area contributed by atoms with Crippen LogP contribution in [0.25, 0.3) is 33.8 Å². The van der Waals surface area contributed by atoms with Crippen molar-refractivity contribution in [1.82, 2.24) is 34.5 Å². The Hall–Kier alpha value is -4.73. The summed E-state index contributed by atoms with van der Waals surface area (Å²) in [4.78, 5) is 39.8. The van der Waals surface area contributed by atoms with Crippen LogP contribution in [0.2, 0.25) is 0 Å². The third-order valence-electron chi connectivity index (χ3n) is 6.50. The number of fused-ring (bicyclic) bond motifs is 2. The maximum absolute atomic E-state index is 13.0. The second-order valence-electron chi connectivity index (χ2n) is 8.79. The van der Waals surface area contributed by atoms with E-state index in [4.69, 9.17) is 4.98 Å². The first-order valence-electron chi connectivity index (χ1n) is 11.6. The molecule has 10 nitrogen and oxygen atoms in total. The molecule has 4 aromatic heterocycles. The molecule has 5 heterocycles. The maximum atomic E-state index is 13.0. The molecule has 0 radical (unpaired) electrons. The van der Waals surface area contributed by atoms with Crippen molar-refractivity contribution < 1.29 is 4.79 Å². The zero-order chi connectivity index (χ0) is 24.9. The standard InChI is InChI=1S/C26H23N9O/c1-4-35-23(17-12-28-15(2)29-13-17)33-22-21(30-14-31-24(22)35)16-5-6-20-19(11-16)26(3,25(36)32-20)34-18-7-9-27-10-8-18/h5-14H,4H2,1-3H3,(H,27,34)(H,32,36). The number of pyridine rings is 1. The fraction of sp³-hybridized carbons (Fsp3) is 0.192. The van der Waals surface area contributed by atoms with Crippen LogP contribution in [0.5, 0.6) is 0 Å². The number of aromatic nitrogens is 7. The van der Waals surface area contributed by atoms with Gasteiger partial charge in [-0.25, -0.2) is 24.9 Å². The van der Waals surface area contributed by atoms with Crippen molar-refractivity contribution in [1.29, 1.82) is 0 Å². The number of hydrogen-bond acceptors (Lipinski definition) is 8. The Kier molecular flexibility index (Phi) is 4.96. The summed E-state index contributed by atoms with van der Waals surface area (Å²) in [5, 5.41) is 6.36. The first-order valence-corrected chi connectivity index (χ1v) is 11.6. The zero-order valence-electron chi connectivity index (χ0n) is 20.0. The molecule has 1 aromatic carbocycles. The third-order valence-corrected chi connectivity index (χ3v) is 6.50. The summed E-state index contributed by atoms with van der Waals surface area (Å²) in [6.45, 7) is 6.44. The number of benzene rings is 1. The number of imidazole rings is 1. The average Bonchev–Trinajstić information content (AvgIpc) is 3.39. The van der Waals surface area contributed by atoms with Gasteiger partial charge in [0, 0.05) is 53.8 Å².